The molecule has 0 aliphatic heterocycles. The third kappa shape index (κ3) is 5.14. The Morgan fingerprint density at radius 3 is 2.48 bits per heavy atom. The largest absolute Gasteiger partial charge is 0.352 e. The van der Waals surface area contributed by atoms with Crippen LogP contribution in [0.3, 0.4) is 0 Å². The molecule has 23 heavy (non-hydrogen) atoms. The zero-order valence-electron chi connectivity index (χ0n) is 13.5. The van der Waals surface area contributed by atoms with E-state index in [4.69, 9.17) is 0 Å². The predicted octanol–water partition coefficient (Wildman–Crippen LogP) is 4.22. The summed E-state index contributed by atoms with van der Waals surface area (Å²) in [5, 5.41) is 3.25. The number of amides is 1. The van der Waals surface area contributed by atoms with Crippen molar-refractivity contribution in [1.29, 1.82) is 0 Å². The van der Waals surface area contributed by atoms with E-state index in [1.54, 1.807) is 11.8 Å². The van der Waals surface area contributed by atoms with Crippen LogP contribution in [-0.4, -0.2) is 17.7 Å². The van der Waals surface area contributed by atoms with E-state index in [2.05, 4.69) is 60.8 Å². The Bertz CT molecular complexity index is 634. The minimum Gasteiger partial charge on any atom is -0.352 e. The van der Waals surface area contributed by atoms with Gasteiger partial charge in [0.1, 0.15) is 0 Å². The molecular formula is C20H23NOS. The molecule has 1 aliphatic rings. The number of hydrogen-bond donors (Lipinski definition) is 1. The SMILES string of the molecule is Cc1ccc(SCC(=O)NC(Cc2ccccc2)C2CC2)cc1. The van der Waals surface area contributed by atoms with E-state index < -0.39 is 0 Å². The van der Waals surface area contributed by atoms with E-state index in [1.165, 1.54) is 24.0 Å². The molecule has 120 valence electrons. The van der Waals surface area contributed by atoms with Crippen LogP contribution in [0.25, 0.3) is 0 Å². The van der Waals surface area contributed by atoms with E-state index in [1.807, 2.05) is 6.07 Å². The first-order valence-corrected chi connectivity index (χ1v) is 9.22. The minimum atomic E-state index is 0.142. The maximum atomic E-state index is 12.3. The van der Waals surface area contributed by atoms with Crippen molar-refractivity contribution in [3.8, 4) is 0 Å². The fraction of sp³-hybridized carbons (Fsp3) is 0.350. The van der Waals surface area contributed by atoms with Crippen molar-refractivity contribution in [2.75, 3.05) is 5.75 Å². The summed E-state index contributed by atoms with van der Waals surface area (Å²) >= 11 is 1.61. The summed E-state index contributed by atoms with van der Waals surface area (Å²) in [6.07, 6.45) is 3.41. The van der Waals surface area contributed by atoms with Crippen LogP contribution in [0.1, 0.15) is 24.0 Å². The van der Waals surface area contributed by atoms with Gasteiger partial charge in [0.2, 0.25) is 5.91 Å². The van der Waals surface area contributed by atoms with Gasteiger partial charge < -0.3 is 5.32 Å². The molecule has 0 bridgehead atoms. The molecule has 3 heteroatoms. The van der Waals surface area contributed by atoms with Gasteiger partial charge in [0.15, 0.2) is 0 Å². The van der Waals surface area contributed by atoms with E-state index in [9.17, 15) is 4.79 Å². The second-order valence-electron chi connectivity index (χ2n) is 6.30. The van der Waals surface area contributed by atoms with Gasteiger partial charge in [-0.25, -0.2) is 0 Å². The zero-order valence-corrected chi connectivity index (χ0v) is 14.3. The lowest BCUT2D eigenvalue weighted by Gasteiger charge is -2.18. The summed E-state index contributed by atoms with van der Waals surface area (Å²) < 4.78 is 0. The molecule has 0 heterocycles. The van der Waals surface area contributed by atoms with Gasteiger partial charge in [-0.05, 0) is 49.8 Å². The summed E-state index contributed by atoms with van der Waals surface area (Å²) in [5.74, 6) is 1.29. The van der Waals surface area contributed by atoms with Crippen molar-refractivity contribution in [1.82, 2.24) is 5.32 Å². The first-order valence-electron chi connectivity index (χ1n) is 8.23. The monoisotopic (exact) mass is 325 g/mol. The van der Waals surface area contributed by atoms with Crippen LogP contribution in [-0.2, 0) is 11.2 Å². The van der Waals surface area contributed by atoms with Crippen LogP contribution in [0.2, 0.25) is 0 Å². The number of carbonyl (C=O) groups excluding carboxylic acids is 1. The minimum absolute atomic E-state index is 0.142. The lowest BCUT2D eigenvalue weighted by Crippen LogP contribution is -2.39. The fourth-order valence-electron chi connectivity index (χ4n) is 2.73. The number of carbonyl (C=O) groups is 1. The Kier molecular flexibility index (Phi) is 5.39. The maximum absolute atomic E-state index is 12.3. The van der Waals surface area contributed by atoms with Crippen molar-refractivity contribution < 1.29 is 4.79 Å². The van der Waals surface area contributed by atoms with Gasteiger partial charge in [-0.2, -0.15) is 0 Å². The fourth-order valence-corrected chi connectivity index (χ4v) is 3.44. The smallest absolute Gasteiger partial charge is 0.230 e. The maximum Gasteiger partial charge on any atom is 0.230 e. The number of hydrogen-bond acceptors (Lipinski definition) is 2. The van der Waals surface area contributed by atoms with Crippen LogP contribution in [0.5, 0.6) is 0 Å². The van der Waals surface area contributed by atoms with Crippen molar-refractivity contribution in [3.63, 3.8) is 0 Å². The Balaban J connectivity index is 1.51. The molecule has 2 aromatic rings. The molecule has 0 saturated heterocycles. The molecule has 1 amide bonds. The van der Waals surface area contributed by atoms with E-state index in [0.29, 0.717) is 11.7 Å². The van der Waals surface area contributed by atoms with Crippen LogP contribution < -0.4 is 5.32 Å². The molecule has 1 unspecified atom stereocenters. The van der Waals surface area contributed by atoms with Gasteiger partial charge in [0, 0.05) is 10.9 Å². The molecule has 0 aromatic heterocycles. The van der Waals surface area contributed by atoms with E-state index in [0.717, 1.165) is 11.3 Å². The molecule has 1 atom stereocenters. The normalized spacial score (nSPS) is 15.2. The van der Waals surface area contributed by atoms with Gasteiger partial charge in [0.25, 0.3) is 0 Å². The van der Waals surface area contributed by atoms with Crippen LogP contribution in [0.15, 0.2) is 59.5 Å². The second kappa shape index (κ2) is 7.69. The third-order valence-electron chi connectivity index (χ3n) is 4.23. The Morgan fingerprint density at radius 2 is 1.83 bits per heavy atom. The molecule has 1 N–H and O–H groups in total. The number of rotatable bonds is 7. The predicted molar refractivity (Wildman–Crippen MR) is 96.7 cm³/mol. The Hall–Kier alpha value is -1.74. The summed E-state index contributed by atoms with van der Waals surface area (Å²) in [6.45, 7) is 2.07. The average molecular weight is 325 g/mol. The van der Waals surface area contributed by atoms with Gasteiger partial charge in [-0.1, -0.05) is 48.0 Å². The molecular weight excluding hydrogens is 302 g/mol. The molecule has 3 rings (SSSR count). The highest BCUT2D eigenvalue weighted by atomic mass is 32.2. The molecule has 2 nitrogen and oxygen atoms in total. The van der Waals surface area contributed by atoms with E-state index >= 15 is 0 Å². The molecule has 0 radical (unpaired) electrons. The average Bonchev–Trinajstić information content (AvgIpc) is 3.40. The Morgan fingerprint density at radius 1 is 1.13 bits per heavy atom. The lowest BCUT2D eigenvalue weighted by atomic mass is 10.0. The molecule has 1 saturated carbocycles. The van der Waals surface area contributed by atoms with Crippen LogP contribution >= 0.6 is 11.8 Å². The molecule has 2 aromatic carbocycles. The number of nitrogens with one attached hydrogen (secondary N) is 1. The van der Waals surface area contributed by atoms with Gasteiger partial charge in [-0.3, -0.25) is 4.79 Å². The highest BCUT2D eigenvalue weighted by Crippen LogP contribution is 2.34. The van der Waals surface area contributed by atoms with Gasteiger partial charge in [-0.15, -0.1) is 11.8 Å². The van der Waals surface area contributed by atoms with Gasteiger partial charge >= 0.3 is 0 Å². The quantitative estimate of drug-likeness (QED) is 0.772. The molecule has 0 spiro atoms. The summed E-state index contributed by atoms with van der Waals surface area (Å²) in [5.41, 5.74) is 2.55. The number of benzene rings is 2. The third-order valence-corrected chi connectivity index (χ3v) is 5.24. The first-order chi connectivity index (χ1) is 11.2. The highest BCUT2D eigenvalue weighted by molar-refractivity contribution is 8.00. The van der Waals surface area contributed by atoms with Gasteiger partial charge in [0.05, 0.1) is 5.75 Å². The molecule has 1 fully saturated rings. The van der Waals surface area contributed by atoms with Crippen molar-refractivity contribution >= 4 is 17.7 Å². The standard InChI is InChI=1S/C20H23NOS/c1-15-7-11-18(12-8-15)23-14-20(22)21-19(17-9-10-17)13-16-5-3-2-4-6-16/h2-8,11-12,17,19H,9-10,13-14H2,1H3,(H,21,22). The van der Waals surface area contributed by atoms with Crippen molar-refractivity contribution in [3.05, 3.63) is 65.7 Å². The van der Waals surface area contributed by atoms with Crippen LogP contribution in [0, 0.1) is 12.8 Å². The van der Waals surface area contributed by atoms with E-state index in [-0.39, 0.29) is 11.9 Å². The summed E-state index contributed by atoms with van der Waals surface area (Å²) in [7, 11) is 0. The highest BCUT2D eigenvalue weighted by Gasteiger charge is 2.32. The summed E-state index contributed by atoms with van der Waals surface area (Å²) in [4.78, 5) is 13.4. The van der Waals surface area contributed by atoms with Crippen LogP contribution in [0.4, 0.5) is 0 Å². The number of thioether (sulfide) groups is 1. The summed E-state index contributed by atoms with van der Waals surface area (Å²) in [6, 6.07) is 19.1. The number of aryl methyl sites for hydroxylation is 1. The Labute approximate surface area is 142 Å². The molecule has 1 aliphatic carbocycles. The topological polar surface area (TPSA) is 29.1 Å². The van der Waals surface area contributed by atoms with Crippen molar-refractivity contribution in [2.24, 2.45) is 5.92 Å². The zero-order chi connectivity index (χ0) is 16.1. The first kappa shape index (κ1) is 16.1. The van der Waals surface area contributed by atoms with Crippen molar-refractivity contribution in [2.45, 2.75) is 37.1 Å². The second-order valence-corrected chi connectivity index (χ2v) is 7.35. The lowest BCUT2D eigenvalue weighted by molar-refractivity contribution is -0.119.